The number of rotatable bonds is 4. The van der Waals surface area contributed by atoms with E-state index in [1.54, 1.807) is 24.3 Å². The lowest BCUT2D eigenvalue weighted by Crippen LogP contribution is -2.17. The maximum atomic E-state index is 12.9. The van der Waals surface area contributed by atoms with Crippen LogP contribution in [0.2, 0.25) is 5.02 Å². The topological polar surface area (TPSA) is 55.1 Å². The van der Waals surface area contributed by atoms with Crippen molar-refractivity contribution in [3.05, 3.63) is 70.4 Å². The van der Waals surface area contributed by atoms with E-state index in [9.17, 15) is 31.1 Å². The minimum Gasteiger partial charge on any atom is -0.356 e. The van der Waals surface area contributed by atoms with Crippen LogP contribution in [0.4, 0.5) is 32.0 Å². The Labute approximate surface area is 170 Å². The first-order chi connectivity index (χ1) is 13.9. The highest BCUT2D eigenvalue weighted by molar-refractivity contribution is 6.30. The number of nitrogens with one attached hydrogen (secondary N) is 1. The molecule has 1 aromatic heterocycles. The molecule has 0 aliphatic carbocycles. The summed E-state index contributed by atoms with van der Waals surface area (Å²) in [5.74, 6) is -0.550. The summed E-state index contributed by atoms with van der Waals surface area (Å²) in [7, 11) is 0. The second kappa shape index (κ2) is 8.02. The van der Waals surface area contributed by atoms with Crippen molar-refractivity contribution in [3.8, 4) is 11.3 Å². The number of nitrogens with zero attached hydrogens (tertiary/aromatic N) is 1. The van der Waals surface area contributed by atoms with Crippen molar-refractivity contribution in [1.82, 2.24) is 5.16 Å². The molecule has 1 N–H and O–H groups in total. The van der Waals surface area contributed by atoms with Gasteiger partial charge < -0.3 is 9.84 Å². The van der Waals surface area contributed by atoms with Crippen LogP contribution in [0, 0.1) is 0 Å². The summed E-state index contributed by atoms with van der Waals surface area (Å²) in [5.41, 5.74) is -2.94. The van der Waals surface area contributed by atoms with Gasteiger partial charge in [-0.3, -0.25) is 4.79 Å². The molecular weight excluding hydrogens is 438 g/mol. The molecule has 30 heavy (non-hydrogen) atoms. The lowest BCUT2D eigenvalue weighted by molar-refractivity contribution is -0.143. The average molecular weight is 449 g/mol. The summed E-state index contributed by atoms with van der Waals surface area (Å²) in [6.45, 7) is 0. The van der Waals surface area contributed by atoms with E-state index in [0.717, 1.165) is 0 Å². The SMILES string of the molecule is O=C(Cc1cc(-c2ccc(Cl)cc2)on1)Nc1cc(C(F)(F)F)cc(C(F)(F)F)c1. The van der Waals surface area contributed by atoms with Crippen molar-refractivity contribution >= 4 is 23.2 Å². The largest absolute Gasteiger partial charge is 0.416 e. The summed E-state index contributed by atoms with van der Waals surface area (Å²) in [5, 5.41) is 6.21. The summed E-state index contributed by atoms with van der Waals surface area (Å²) in [6, 6.07) is 8.77. The van der Waals surface area contributed by atoms with E-state index in [0.29, 0.717) is 28.5 Å². The Bertz CT molecular complexity index is 1030. The Kier molecular flexibility index (Phi) is 5.80. The minimum atomic E-state index is -5.01. The van der Waals surface area contributed by atoms with E-state index < -0.39 is 41.5 Å². The van der Waals surface area contributed by atoms with Crippen molar-refractivity contribution in [2.75, 3.05) is 5.32 Å². The Morgan fingerprint density at radius 1 is 0.933 bits per heavy atom. The predicted octanol–water partition coefficient (Wildman–Crippen LogP) is 6.21. The molecule has 2 aromatic carbocycles. The van der Waals surface area contributed by atoms with Crippen LogP contribution in [0.3, 0.4) is 0 Å². The van der Waals surface area contributed by atoms with Crippen LogP contribution in [0.5, 0.6) is 0 Å². The molecule has 4 nitrogen and oxygen atoms in total. The Balaban J connectivity index is 1.77. The molecule has 0 bridgehead atoms. The normalized spacial score (nSPS) is 12.1. The zero-order chi connectivity index (χ0) is 22.1. The van der Waals surface area contributed by atoms with Crippen LogP contribution in [0.15, 0.2) is 53.1 Å². The first-order valence-electron chi connectivity index (χ1n) is 8.23. The molecule has 11 heteroatoms. The number of aromatic nitrogens is 1. The number of benzene rings is 2. The maximum Gasteiger partial charge on any atom is 0.416 e. The predicted molar refractivity (Wildman–Crippen MR) is 95.7 cm³/mol. The Morgan fingerprint density at radius 3 is 2.03 bits per heavy atom. The van der Waals surface area contributed by atoms with Gasteiger partial charge in [-0.2, -0.15) is 26.3 Å². The first-order valence-corrected chi connectivity index (χ1v) is 8.60. The van der Waals surface area contributed by atoms with E-state index in [1.807, 2.05) is 5.32 Å². The molecule has 3 rings (SSSR count). The number of hydrogen-bond acceptors (Lipinski definition) is 3. The standard InChI is InChI=1S/C19H11ClF6N2O2/c20-13-3-1-10(2-4-13)16-8-15(28-30-16)9-17(29)27-14-6-11(18(21,22)23)5-12(7-14)19(24,25)26/h1-8H,9H2,(H,27,29). The van der Waals surface area contributed by atoms with Gasteiger partial charge in [-0.15, -0.1) is 0 Å². The van der Waals surface area contributed by atoms with E-state index >= 15 is 0 Å². The van der Waals surface area contributed by atoms with E-state index in [-0.39, 0.29) is 11.8 Å². The third-order valence-electron chi connectivity index (χ3n) is 3.90. The molecule has 1 amide bonds. The lowest BCUT2D eigenvalue weighted by atomic mass is 10.1. The highest BCUT2D eigenvalue weighted by Gasteiger charge is 2.37. The van der Waals surface area contributed by atoms with E-state index in [1.165, 1.54) is 6.07 Å². The van der Waals surface area contributed by atoms with E-state index in [4.69, 9.17) is 16.1 Å². The van der Waals surface area contributed by atoms with Crippen LogP contribution >= 0.6 is 11.6 Å². The highest BCUT2D eigenvalue weighted by Crippen LogP contribution is 2.37. The van der Waals surface area contributed by atoms with Gasteiger partial charge in [-0.1, -0.05) is 16.8 Å². The second-order valence-electron chi connectivity index (χ2n) is 6.21. The molecule has 0 aliphatic rings. The van der Waals surface area contributed by atoms with Gasteiger partial charge in [0.05, 0.1) is 23.2 Å². The van der Waals surface area contributed by atoms with Crippen molar-refractivity contribution < 1.29 is 35.7 Å². The van der Waals surface area contributed by atoms with Gasteiger partial charge in [-0.25, -0.2) is 0 Å². The first kappa shape index (κ1) is 21.7. The van der Waals surface area contributed by atoms with Crippen LogP contribution in [-0.4, -0.2) is 11.1 Å². The number of carbonyl (C=O) groups excluding carboxylic acids is 1. The Hall–Kier alpha value is -3.01. The monoisotopic (exact) mass is 448 g/mol. The summed E-state index contributed by atoms with van der Waals surface area (Å²) in [4.78, 5) is 12.1. The number of anilines is 1. The number of carbonyl (C=O) groups is 1. The van der Waals surface area contributed by atoms with Gasteiger partial charge in [0, 0.05) is 22.3 Å². The van der Waals surface area contributed by atoms with Crippen molar-refractivity contribution in [3.63, 3.8) is 0 Å². The number of hydrogen-bond donors (Lipinski definition) is 1. The van der Waals surface area contributed by atoms with Crippen molar-refractivity contribution in [2.45, 2.75) is 18.8 Å². The molecule has 0 saturated carbocycles. The molecular formula is C19H11ClF6N2O2. The molecule has 0 fully saturated rings. The third kappa shape index (κ3) is 5.32. The molecule has 3 aromatic rings. The molecule has 0 saturated heterocycles. The number of amides is 1. The van der Waals surface area contributed by atoms with Crippen molar-refractivity contribution in [1.29, 1.82) is 0 Å². The molecule has 158 valence electrons. The summed E-state index contributed by atoms with van der Waals surface area (Å²) < 4.78 is 82.5. The number of halogens is 7. The van der Waals surface area contributed by atoms with Gasteiger partial charge in [0.2, 0.25) is 5.91 Å². The lowest BCUT2D eigenvalue weighted by Gasteiger charge is -2.14. The smallest absolute Gasteiger partial charge is 0.356 e. The van der Waals surface area contributed by atoms with E-state index in [2.05, 4.69) is 5.16 Å². The van der Waals surface area contributed by atoms with Gasteiger partial charge >= 0.3 is 12.4 Å². The zero-order valence-corrected chi connectivity index (χ0v) is 15.5. The van der Waals surface area contributed by atoms with Gasteiger partial charge in [0.25, 0.3) is 0 Å². The van der Waals surface area contributed by atoms with Crippen LogP contribution in [0.25, 0.3) is 11.3 Å². The molecule has 0 aliphatic heterocycles. The molecule has 0 radical (unpaired) electrons. The third-order valence-corrected chi connectivity index (χ3v) is 4.15. The molecule has 1 heterocycles. The fourth-order valence-corrected chi connectivity index (χ4v) is 2.67. The average Bonchev–Trinajstić information content (AvgIpc) is 3.08. The number of alkyl halides is 6. The molecule has 0 spiro atoms. The molecule has 0 atom stereocenters. The highest BCUT2D eigenvalue weighted by atomic mass is 35.5. The fourth-order valence-electron chi connectivity index (χ4n) is 2.54. The molecule has 0 unspecified atom stereocenters. The van der Waals surface area contributed by atoms with Gasteiger partial charge in [-0.05, 0) is 42.5 Å². The second-order valence-corrected chi connectivity index (χ2v) is 6.65. The van der Waals surface area contributed by atoms with Gasteiger partial charge in [0.1, 0.15) is 0 Å². The van der Waals surface area contributed by atoms with Crippen LogP contribution in [0.1, 0.15) is 16.8 Å². The quantitative estimate of drug-likeness (QED) is 0.482. The summed E-state index contributed by atoms with van der Waals surface area (Å²) in [6.07, 6.45) is -10.4. The van der Waals surface area contributed by atoms with Crippen LogP contribution < -0.4 is 5.32 Å². The van der Waals surface area contributed by atoms with Crippen LogP contribution in [-0.2, 0) is 23.6 Å². The zero-order valence-electron chi connectivity index (χ0n) is 14.7. The summed E-state index contributed by atoms with van der Waals surface area (Å²) >= 11 is 5.79. The maximum absolute atomic E-state index is 12.9. The minimum absolute atomic E-state index is 0.0221. The Morgan fingerprint density at radius 2 is 1.50 bits per heavy atom. The van der Waals surface area contributed by atoms with Crippen molar-refractivity contribution in [2.24, 2.45) is 0 Å². The van der Waals surface area contributed by atoms with Gasteiger partial charge in [0.15, 0.2) is 5.76 Å². The fraction of sp³-hybridized carbons (Fsp3) is 0.158.